The van der Waals surface area contributed by atoms with Crippen molar-refractivity contribution in [3.8, 4) is 11.9 Å². The van der Waals surface area contributed by atoms with Crippen LogP contribution in [0.25, 0.3) is 0 Å². The Balaban J connectivity index is 0.000000552. The van der Waals surface area contributed by atoms with Crippen molar-refractivity contribution in [1.29, 1.82) is 5.26 Å². The molecule has 0 aliphatic carbocycles. The van der Waals surface area contributed by atoms with Crippen molar-refractivity contribution >= 4 is 22.4 Å². The van der Waals surface area contributed by atoms with Gasteiger partial charge in [-0.25, -0.2) is 4.39 Å². The van der Waals surface area contributed by atoms with E-state index in [2.05, 4.69) is 15.5 Å². The number of halogens is 1. The topological polar surface area (TPSA) is 134 Å². The molecule has 152 valence electrons. The zero-order chi connectivity index (χ0) is 21.3. The van der Waals surface area contributed by atoms with Gasteiger partial charge in [-0.2, -0.15) is 5.26 Å². The van der Waals surface area contributed by atoms with Crippen molar-refractivity contribution < 1.29 is 18.1 Å². The maximum atomic E-state index is 14.0. The molecule has 2 aromatic rings. The average Bonchev–Trinajstić information content (AvgIpc) is 3.15. The maximum Gasteiger partial charge on any atom is 0.245 e. The van der Waals surface area contributed by atoms with Gasteiger partial charge in [-0.1, -0.05) is 13.3 Å². The summed E-state index contributed by atoms with van der Waals surface area (Å²) < 4.78 is 29.0. The van der Waals surface area contributed by atoms with Crippen molar-refractivity contribution in [2.75, 3.05) is 17.8 Å². The number of carbonyl (C=O) groups is 1. The second kappa shape index (κ2) is 7.67. The first-order valence-electron chi connectivity index (χ1n) is 8.79. The summed E-state index contributed by atoms with van der Waals surface area (Å²) in [7, 11) is -0.611. The number of nitrogens with one attached hydrogen (secondary N) is 2. The SMILES string of the molecule is CCCc1[nH]nc2c1[C@]1(C(=O)Nc3ccc(F)cc31)C(C#N)=C(N)O2.CS(C)=O. The summed E-state index contributed by atoms with van der Waals surface area (Å²) in [6, 6.07) is 5.95. The number of benzene rings is 1. The number of aryl methyl sites for hydroxylation is 1. The molecule has 1 atom stereocenters. The Labute approximate surface area is 169 Å². The van der Waals surface area contributed by atoms with Gasteiger partial charge in [0.05, 0.1) is 5.56 Å². The summed E-state index contributed by atoms with van der Waals surface area (Å²) in [6.07, 6.45) is 4.65. The summed E-state index contributed by atoms with van der Waals surface area (Å²) in [5, 5.41) is 19.4. The minimum Gasteiger partial charge on any atom is -0.420 e. The maximum absolute atomic E-state index is 14.0. The summed E-state index contributed by atoms with van der Waals surface area (Å²) in [5.41, 5.74) is 6.11. The fraction of sp³-hybridized carbons (Fsp3) is 0.316. The van der Waals surface area contributed by atoms with Gasteiger partial charge in [0.2, 0.25) is 17.7 Å². The molecular weight excluding hydrogens is 397 g/mol. The molecule has 0 radical (unpaired) electrons. The third kappa shape index (κ3) is 3.17. The van der Waals surface area contributed by atoms with E-state index in [4.69, 9.17) is 10.5 Å². The Bertz CT molecular complexity index is 1080. The van der Waals surface area contributed by atoms with E-state index >= 15 is 0 Å². The predicted molar refractivity (Wildman–Crippen MR) is 106 cm³/mol. The molecule has 0 bridgehead atoms. The Hall–Kier alpha value is -3.19. The molecule has 2 aliphatic heterocycles. The van der Waals surface area contributed by atoms with Crippen LogP contribution in [0.3, 0.4) is 0 Å². The molecule has 29 heavy (non-hydrogen) atoms. The number of nitrogens with two attached hydrogens (primary N) is 1. The standard InChI is InChI=1S/C17H14FN5O2.C2H6OS/c1-2-3-12-13-15(23-22-12)25-14(20)10(7-19)17(13)9-6-8(18)4-5-11(9)21-16(17)24;1-4(2)3/h4-6H,2-3,20H2,1H3,(H,21,24)(H,22,23);1-2H3/t17-;/m1./s1. The zero-order valence-corrected chi connectivity index (χ0v) is 16.9. The summed E-state index contributed by atoms with van der Waals surface area (Å²) in [5.74, 6) is -1.07. The summed E-state index contributed by atoms with van der Waals surface area (Å²) in [4.78, 5) is 13.1. The van der Waals surface area contributed by atoms with Gasteiger partial charge in [0.25, 0.3) is 0 Å². The minimum atomic E-state index is -1.57. The first kappa shape index (κ1) is 20.5. The van der Waals surface area contributed by atoms with Gasteiger partial charge in [-0.05, 0) is 24.6 Å². The Morgan fingerprint density at radius 3 is 2.72 bits per heavy atom. The van der Waals surface area contributed by atoms with Crippen LogP contribution in [0.5, 0.6) is 5.88 Å². The van der Waals surface area contributed by atoms with Crippen LogP contribution in [0.4, 0.5) is 10.1 Å². The quantitative estimate of drug-likeness (QED) is 0.682. The smallest absolute Gasteiger partial charge is 0.245 e. The molecule has 3 heterocycles. The lowest BCUT2D eigenvalue weighted by Crippen LogP contribution is -2.42. The van der Waals surface area contributed by atoms with E-state index in [1.165, 1.54) is 18.2 Å². The number of rotatable bonds is 2. The van der Waals surface area contributed by atoms with Crippen molar-refractivity contribution in [2.24, 2.45) is 5.73 Å². The Morgan fingerprint density at radius 1 is 1.41 bits per heavy atom. The van der Waals surface area contributed by atoms with Gasteiger partial charge >= 0.3 is 0 Å². The number of nitriles is 1. The molecule has 2 aliphatic rings. The minimum absolute atomic E-state index is 0.0689. The van der Waals surface area contributed by atoms with Crippen molar-refractivity contribution in [3.63, 3.8) is 0 Å². The van der Waals surface area contributed by atoms with E-state index in [9.17, 15) is 18.7 Å². The van der Waals surface area contributed by atoms with Crippen molar-refractivity contribution in [1.82, 2.24) is 10.2 Å². The second-order valence-corrected chi connectivity index (χ2v) is 8.20. The van der Waals surface area contributed by atoms with Gasteiger partial charge in [0.1, 0.15) is 22.9 Å². The fourth-order valence-electron chi connectivity index (χ4n) is 3.63. The van der Waals surface area contributed by atoms with Crippen LogP contribution in [0.1, 0.15) is 30.2 Å². The average molecular weight is 417 g/mol. The van der Waals surface area contributed by atoms with E-state index in [0.717, 1.165) is 6.42 Å². The number of ether oxygens (including phenoxy) is 1. The van der Waals surface area contributed by atoms with Crippen LogP contribution in [-0.4, -0.2) is 32.8 Å². The third-order valence-corrected chi connectivity index (χ3v) is 4.60. The van der Waals surface area contributed by atoms with Crippen LogP contribution in [0.15, 0.2) is 29.7 Å². The lowest BCUT2D eigenvalue weighted by Gasteiger charge is -2.31. The zero-order valence-electron chi connectivity index (χ0n) is 16.1. The molecule has 1 aromatic carbocycles. The van der Waals surface area contributed by atoms with Crippen molar-refractivity contribution in [3.05, 3.63) is 52.3 Å². The number of aromatic nitrogens is 2. The van der Waals surface area contributed by atoms with Gasteiger partial charge in [-0.15, -0.1) is 5.10 Å². The van der Waals surface area contributed by atoms with E-state index in [-0.39, 0.29) is 17.3 Å². The van der Waals surface area contributed by atoms with Crippen LogP contribution in [0.2, 0.25) is 0 Å². The molecule has 1 aromatic heterocycles. The summed E-state index contributed by atoms with van der Waals surface area (Å²) in [6.45, 7) is 1.97. The Kier molecular flexibility index (Phi) is 5.44. The highest BCUT2D eigenvalue weighted by Gasteiger charge is 2.58. The highest BCUT2D eigenvalue weighted by atomic mass is 32.2. The molecule has 0 saturated heterocycles. The molecule has 1 spiro atoms. The highest BCUT2D eigenvalue weighted by Crippen LogP contribution is 2.53. The molecule has 8 nitrogen and oxygen atoms in total. The number of H-pyrrole nitrogens is 1. The van der Waals surface area contributed by atoms with Gasteiger partial charge in [0.15, 0.2) is 0 Å². The summed E-state index contributed by atoms with van der Waals surface area (Å²) >= 11 is 0. The molecule has 4 rings (SSSR count). The lowest BCUT2D eigenvalue weighted by molar-refractivity contribution is -0.118. The first-order valence-corrected chi connectivity index (χ1v) is 10.8. The largest absolute Gasteiger partial charge is 0.420 e. The number of hydrogen-bond acceptors (Lipinski definition) is 6. The third-order valence-electron chi connectivity index (χ3n) is 4.60. The van der Waals surface area contributed by atoms with Crippen LogP contribution in [-0.2, 0) is 27.4 Å². The number of hydrogen-bond donors (Lipinski definition) is 3. The molecule has 10 heteroatoms. The lowest BCUT2D eigenvalue weighted by atomic mass is 9.68. The van der Waals surface area contributed by atoms with E-state index < -0.39 is 27.9 Å². The number of anilines is 1. The van der Waals surface area contributed by atoms with E-state index in [0.29, 0.717) is 28.9 Å². The molecule has 0 saturated carbocycles. The first-order chi connectivity index (χ1) is 13.8. The number of amides is 1. The van der Waals surface area contributed by atoms with Gasteiger partial charge in [-0.3, -0.25) is 14.1 Å². The van der Waals surface area contributed by atoms with Crippen LogP contribution < -0.4 is 15.8 Å². The Morgan fingerprint density at radius 2 is 2.10 bits per heavy atom. The number of carbonyl (C=O) groups excluding carboxylic acids is 1. The molecule has 1 amide bonds. The normalized spacial score (nSPS) is 19.1. The number of aromatic amines is 1. The van der Waals surface area contributed by atoms with Gasteiger partial charge < -0.3 is 15.8 Å². The monoisotopic (exact) mass is 417 g/mol. The fourth-order valence-corrected chi connectivity index (χ4v) is 3.63. The molecule has 0 fully saturated rings. The number of nitrogens with zero attached hydrogens (tertiary/aromatic N) is 2. The number of fused-ring (bicyclic) bond motifs is 4. The molecular formula is C19H20FN5O3S. The highest BCUT2D eigenvalue weighted by molar-refractivity contribution is 7.83. The molecule has 4 N–H and O–H groups in total. The second-order valence-electron chi connectivity index (χ2n) is 6.72. The van der Waals surface area contributed by atoms with E-state index in [1.807, 2.05) is 13.0 Å². The van der Waals surface area contributed by atoms with Crippen LogP contribution >= 0.6 is 0 Å². The molecule has 0 unspecified atom stereocenters. The van der Waals surface area contributed by atoms with Crippen LogP contribution in [0, 0.1) is 17.1 Å². The predicted octanol–water partition coefficient (Wildman–Crippen LogP) is 1.82. The van der Waals surface area contributed by atoms with Gasteiger partial charge in [0, 0.05) is 40.3 Å². The van der Waals surface area contributed by atoms with E-state index in [1.54, 1.807) is 12.5 Å². The van der Waals surface area contributed by atoms with Crippen molar-refractivity contribution in [2.45, 2.75) is 25.2 Å².